The second-order valence-corrected chi connectivity index (χ2v) is 6.82. The minimum absolute atomic E-state index is 0.102. The van der Waals surface area contributed by atoms with Crippen LogP contribution in [0.15, 0.2) is 47.3 Å². The van der Waals surface area contributed by atoms with Crippen LogP contribution >= 0.6 is 0 Å². The highest BCUT2D eigenvalue weighted by Crippen LogP contribution is 2.26. The molecule has 3 aromatic rings. The molecule has 1 fully saturated rings. The van der Waals surface area contributed by atoms with Gasteiger partial charge in [0.15, 0.2) is 0 Å². The first-order chi connectivity index (χ1) is 14.5. The SMILES string of the molecule is Cc1nc2ccccc2c(=O)n1NC(=O)c1cc([N+](=O)[O-])ccc1N1CCOCC1. The molecule has 0 bridgehead atoms. The number of aryl methyl sites for hydroxylation is 1. The fraction of sp³-hybridized carbons (Fsp3) is 0.250. The highest BCUT2D eigenvalue weighted by Gasteiger charge is 2.23. The van der Waals surface area contributed by atoms with Gasteiger partial charge < -0.3 is 9.64 Å². The number of morpholine rings is 1. The van der Waals surface area contributed by atoms with Crippen molar-refractivity contribution >= 4 is 28.2 Å². The number of nitrogens with zero attached hydrogens (tertiary/aromatic N) is 4. The van der Waals surface area contributed by atoms with E-state index >= 15 is 0 Å². The van der Waals surface area contributed by atoms with Crippen LogP contribution in [-0.4, -0.2) is 46.8 Å². The normalized spacial score (nSPS) is 14.0. The Labute approximate surface area is 170 Å². The predicted octanol–water partition coefficient (Wildman–Crippen LogP) is 1.83. The largest absolute Gasteiger partial charge is 0.378 e. The van der Waals surface area contributed by atoms with Crippen LogP contribution in [0.4, 0.5) is 11.4 Å². The number of carbonyl (C=O) groups excluding carboxylic acids is 1. The van der Waals surface area contributed by atoms with E-state index in [0.29, 0.717) is 48.7 Å². The second kappa shape index (κ2) is 7.91. The average molecular weight is 409 g/mol. The smallest absolute Gasteiger partial charge is 0.280 e. The summed E-state index contributed by atoms with van der Waals surface area (Å²) in [6.45, 7) is 3.68. The van der Waals surface area contributed by atoms with Crippen LogP contribution in [0.2, 0.25) is 0 Å². The molecule has 1 aliphatic rings. The fourth-order valence-corrected chi connectivity index (χ4v) is 3.44. The number of carbonyl (C=O) groups is 1. The molecule has 4 rings (SSSR count). The highest BCUT2D eigenvalue weighted by molar-refractivity contribution is 6.05. The van der Waals surface area contributed by atoms with Crippen molar-refractivity contribution in [2.75, 3.05) is 36.6 Å². The number of para-hydroxylation sites is 1. The monoisotopic (exact) mass is 409 g/mol. The lowest BCUT2D eigenvalue weighted by molar-refractivity contribution is -0.384. The van der Waals surface area contributed by atoms with E-state index in [4.69, 9.17) is 4.74 Å². The van der Waals surface area contributed by atoms with Gasteiger partial charge in [0.25, 0.3) is 17.2 Å². The van der Waals surface area contributed by atoms with Crippen molar-refractivity contribution < 1.29 is 14.5 Å². The van der Waals surface area contributed by atoms with Crippen molar-refractivity contribution in [3.63, 3.8) is 0 Å². The summed E-state index contributed by atoms with van der Waals surface area (Å²) in [5, 5.41) is 11.6. The first-order valence-corrected chi connectivity index (χ1v) is 9.36. The molecule has 10 heteroatoms. The molecule has 0 aliphatic carbocycles. The van der Waals surface area contributed by atoms with E-state index in [1.165, 1.54) is 12.1 Å². The average Bonchev–Trinajstić information content (AvgIpc) is 2.76. The number of hydrogen-bond acceptors (Lipinski definition) is 7. The molecule has 0 saturated carbocycles. The van der Waals surface area contributed by atoms with Gasteiger partial charge in [0.1, 0.15) is 5.82 Å². The molecule has 0 unspecified atom stereocenters. The second-order valence-electron chi connectivity index (χ2n) is 6.82. The van der Waals surface area contributed by atoms with Crippen molar-refractivity contribution in [2.45, 2.75) is 6.92 Å². The predicted molar refractivity (Wildman–Crippen MR) is 111 cm³/mol. The first-order valence-electron chi connectivity index (χ1n) is 9.36. The van der Waals surface area contributed by atoms with E-state index in [2.05, 4.69) is 10.4 Å². The van der Waals surface area contributed by atoms with Crippen molar-refractivity contribution in [1.29, 1.82) is 0 Å². The molecule has 1 aliphatic heterocycles. The summed E-state index contributed by atoms with van der Waals surface area (Å²) >= 11 is 0. The molecule has 1 amide bonds. The van der Waals surface area contributed by atoms with Gasteiger partial charge in [0.2, 0.25) is 0 Å². The van der Waals surface area contributed by atoms with Crippen LogP contribution < -0.4 is 15.9 Å². The highest BCUT2D eigenvalue weighted by atomic mass is 16.6. The Bertz CT molecular complexity index is 1200. The van der Waals surface area contributed by atoms with Gasteiger partial charge >= 0.3 is 0 Å². The number of non-ortho nitro benzene ring substituents is 1. The zero-order chi connectivity index (χ0) is 21.3. The third-order valence-corrected chi connectivity index (χ3v) is 4.94. The van der Waals surface area contributed by atoms with Crippen LogP contribution in [0, 0.1) is 17.0 Å². The standard InChI is InChI=1S/C20H19N5O5/c1-13-21-17-5-3-2-4-15(17)20(27)24(13)22-19(26)16-12-14(25(28)29)6-7-18(16)23-8-10-30-11-9-23/h2-7,12H,8-11H2,1H3,(H,22,26). The minimum Gasteiger partial charge on any atom is -0.378 e. The summed E-state index contributed by atoms with van der Waals surface area (Å²) in [5.74, 6) is -0.340. The maximum Gasteiger partial charge on any atom is 0.280 e. The van der Waals surface area contributed by atoms with E-state index in [1.807, 2.05) is 4.90 Å². The zero-order valence-electron chi connectivity index (χ0n) is 16.2. The van der Waals surface area contributed by atoms with Crippen molar-refractivity contribution in [3.05, 3.63) is 74.3 Å². The van der Waals surface area contributed by atoms with E-state index in [1.54, 1.807) is 37.3 Å². The summed E-state index contributed by atoms with van der Waals surface area (Å²) in [5.41, 5.74) is 3.09. The maximum absolute atomic E-state index is 13.1. The van der Waals surface area contributed by atoms with Crippen LogP contribution in [0.1, 0.15) is 16.2 Å². The van der Waals surface area contributed by atoms with Gasteiger partial charge in [0.05, 0.1) is 40.3 Å². The lowest BCUT2D eigenvalue weighted by Crippen LogP contribution is -2.39. The number of nitro benzene ring substituents is 1. The molecule has 0 radical (unpaired) electrons. The van der Waals surface area contributed by atoms with E-state index < -0.39 is 16.4 Å². The van der Waals surface area contributed by atoms with Crippen LogP contribution in [-0.2, 0) is 4.74 Å². The molecule has 154 valence electrons. The number of rotatable bonds is 4. The van der Waals surface area contributed by atoms with Gasteiger partial charge in [-0.15, -0.1) is 0 Å². The number of benzene rings is 2. The van der Waals surface area contributed by atoms with Crippen molar-refractivity contribution in [3.8, 4) is 0 Å². The number of fused-ring (bicyclic) bond motifs is 1. The molecular weight excluding hydrogens is 390 g/mol. The third kappa shape index (κ3) is 3.60. The Kier molecular flexibility index (Phi) is 5.15. The minimum atomic E-state index is -0.637. The lowest BCUT2D eigenvalue weighted by Gasteiger charge is -2.30. The van der Waals surface area contributed by atoms with E-state index in [0.717, 1.165) is 4.68 Å². The lowest BCUT2D eigenvalue weighted by atomic mass is 10.1. The number of amides is 1. The van der Waals surface area contributed by atoms with Crippen LogP contribution in [0.25, 0.3) is 10.9 Å². The molecule has 0 spiro atoms. The molecule has 10 nitrogen and oxygen atoms in total. The van der Waals surface area contributed by atoms with Gasteiger partial charge in [-0.05, 0) is 25.1 Å². The number of hydrogen-bond donors (Lipinski definition) is 1. The number of anilines is 1. The Morgan fingerprint density at radius 3 is 2.67 bits per heavy atom. The number of nitrogens with one attached hydrogen (secondary N) is 1. The molecule has 1 saturated heterocycles. The third-order valence-electron chi connectivity index (χ3n) is 4.94. The summed E-state index contributed by atoms with van der Waals surface area (Å²) in [6.07, 6.45) is 0. The van der Waals surface area contributed by atoms with Crippen molar-refractivity contribution in [1.82, 2.24) is 9.66 Å². The summed E-state index contributed by atoms with van der Waals surface area (Å²) in [6, 6.07) is 10.9. The van der Waals surface area contributed by atoms with Gasteiger partial charge in [-0.25, -0.2) is 9.66 Å². The topological polar surface area (TPSA) is 120 Å². The van der Waals surface area contributed by atoms with E-state index in [-0.39, 0.29) is 11.3 Å². The van der Waals surface area contributed by atoms with Crippen LogP contribution in [0.3, 0.4) is 0 Å². The summed E-state index contributed by atoms with van der Waals surface area (Å²) in [7, 11) is 0. The molecule has 30 heavy (non-hydrogen) atoms. The molecular formula is C20H19N5O5. The number of ether oxygens (including phenoxy) is 1. The summed E-state index contributed by atoms with van der Waals surface area (Å²) < 4.78 is 6.41. The Balaban J connectivity index is 1.76. The molecule has 1 N–H and O–H groups in total. The Morgan fingerprint density at radius 1 is 1.20 bits per heavy atom. The molecule has 2 aromatic carbocycles. The number of aromatic nitrogens is 2. The van der Waals surface area contributed by atoms with Crippen molar-refractivity contribution in [2.24, 2.45) is 0 Å². The molecule has 2 heterocycles. The summed E-state index contributed by atoms with van der Waals surface area (Å²) in [4.78, 5) is 42.9. The van der Waals surface area contributed by atoms with Gasteiger partial charge in [-0.1, -0.05) is 12.1 Å². The van der Waals surface area contributed by atoms with Gasteiger partial charge in [0, 0.05) is 25.2 Å². The first kappa shape index (κ1) is 19.5. The maximum atomic E-state index is 13.1. The zero-order valence-corrected chi connectivity index (χ0v) is 16.2. The Morgan fingerprint density at radius 2 is 1.93 bits per heavy atom. The van der Waals surface area contributed by atoms with E-state index in [9.17, 15) is 19.7 Å². The molecule has 1 aromatic heterocycles. The Hall–Kier alpha value is -3.79. The fourth-order valence-electron chi connectivity index (χ4n) is 3.44. The quantitative estimate of drug-likeness (QED) is 0.516. The van der Waals surface area contributed by atoms with Gasteiger partial charge in [-0.2, -0.15) is 0 Å². The number of nitro groups is 1. The van der Waals surface area contributed by atoms with Gasteiger partial charge in [-0.3, -0.25) is 25.1 Å². The van der Waals surface area contributed by atoms with Crippen LogP contribution in [0.5, 0.6) is 0 Å². The molecule has 0 atom stereocenters.